The van der Waals surface area contributed by atoms with E-state index in [1.165, 1.54) is 6.07 Å². The average Bonchev–Trinajstić information content (AvgIpc) is 2.74. The first kappa shape index (κ1) is 10.5. The lowest BCUT2D eigenvalue weighted by atomic mass is 10.2. The second-order valence-corrected chi connectivity index (χ2v) is 3.52. The molecule has 0 aliphatic rings. The average molecular weight is 219 g/mol. The van der Waals surface area contributed by atoms with Gasteiger partial charge in [-0.25, -0.2) is 0 Å². The molecule has 0 saturated carbocycles. The maximum atomic E-state index is 9.53. The zero-order chi connectivity index (χ0) is 11.4. The van der Waals surface area contributed by atoms with E-state index < -0.39 is 0 Å². The van der Waals surface area contributed by atoms with Crippen LogP contribution >= 0.6 is 0 Å². The van der Waals surface area contributed by atoms with E-state index in [4.69, 9.17) is 5.11 Å². The summed E-state index contributed by atoms with van der Waals surface area (Å²) in [6.45, 7) is 1.22. The highest BCUT2D eigenvalue weighted by molar-refractivity contribution is 5.38. The van der Waals surface area contributed by atoms with Crippen molar-refractivity contribution in [1.82, 2.24) is 15.5 Å². The first-order valence-electron chi connectivity index (χ1n) is 4.95. The lowest BCUT2D eigenvalue weighted by Crippen LogP contribution is -2.12. The highest BCUT2D eigenvalue weighted by Gasteiger charge is 2.01. The molecule has 0 amide bonds. The second-order valence-electron chi connectivity index (χ2n) is 3.52. The predicted molar refractivity (Wildman–Crippen MR) is 58.9 cm³/mol. The minimum atomic E-state index is 0.0658. The molecule has 0 radical (unpaired) electrons. The van der Waals surface area contributed by atoms with Gasteiger partial charge in [-0.15, -0.1) is 0 Å². The van der Waals surface area contributed by atoms with Crippen LogP contribution in [0.15, 0.2) is 30.6 Å². The summed E-state index contributed by atoms with van der Waals surface area (Å²) in [6, 6.07) is 4.57. The van der Waals surface area contributed by atoms with Crippen molar-refractivity contribution in [2.45, 2.75) is 13.1 Å². The van der Waals surface area contributed by atoms with Gasteiger partial charge in [-0.1, -0.05) is 6.07 Å². The van der Waals surface area contributed by atoms with E-state index in [1.807, 2.05) is 6.20 Å². The maximum absolute atomic E-state index is 9.53. The summed E-state index contributed by atoms with van der Waals surface area (Å²) < 4.78 is 0. The van der Waals surface area contributed by atoms with Gasteiger partial charge in [0.1, 0.15) is 11.5 Å². The van der Waals surface area contributed by atoms with E-state index in [-0.39, 0.29) is 11.5 Å². The number of H-pyrrole nitrogens is 1. The number of phenols is 2. The van der Waals surface area contributed by atoms with Crippen LogP contribution in [0.25, 0.3) is 0 Å². The number of phenolic OH excluding ortho intramolecular Hbond substituents is 2. The van der Waals surface area contributed by atoms with Crippen LogP contribution in [0.5, 0.6) is 11.5 Å². The van der Waals surface area contributed by atoms with E-state index in [2.05, 4.69) is 15.5 Å². The number of nitrogens with one attached hydrogen (secondary N) is 2. The number of aromatic nitrogens is 2. The molecule has 0 unspecified atom stereocenters. The van der Waals surface area contributed by atoms with Crippen LogP contribution in [-0.2, 0) is 13.1 Å². The second kappa shape index (κ2) is 4.67. The van der Waals surface area contributed by atoms with Crippen LogP contribution < -0.4 is 5.32 Å². The van der Waals surface area contributed by atoms with Crippen molar-refractivity contribution >= 4 is 0 Å². The molecule has 0 spiro atoms. The van der Waals surface area contributed by atoms with E-state index >= 15 is 0 Å². The zero-order valence-corrected chi connectivity index (χ0v) is 8.64. The first-order valence-corrected chi connectivity index (χ1v) is 4.95. The Balaban J connectivity index is 1.90. The van der Waals surface area contributed by atoms with Crippen LogP contribution in [0.4, 0.5) is 0 Å². The normalized spacial score (nSPS) is 10.5. The van der Waals surface area contributed by atoms with Gasteiger partial charge in [0.15, 0.2) is 0 Å². The summed E-state index contributed by atoms with van der Waals surface area (Å²) in [5.74, 6) is 0.163. The quantitative estimate of drug-likeness (QED) is 0.621. The molecule has 1 heterocycles. The lowest BCUT2D eigenvalue weighted by molar-refractivity contribution is 0.443. The number of aromatic amines is 1. The first-order chi connectivity index (χ1) is 7.75. The maximum Gasteiger partial charge on any atom is 0.123 e. The standard InChI is InChI=1S/C11H13N3O2/c15-10-2-1-9(11(16)3-10)7-12-4-8-5-13-14-6-8/h1-3,5-6,12,15-16H,4,7H2,(H,13,14). The van der Waals surface area contributed by atoms with Crippen LogP contribution in [0.3, 0.4) is 0 Å². The molecule has 4 N–H and O–H groups in total. The van der Waals surface area contributed by atoms with Gasteiger partial charge in [0, 0.05) is 36.5 Å². The molecule has 0 bridgehead atoms. The molecule has 1 aromatic heterocycles. The monoisotopic (exact) mass is 219 g/mol. The molecule has 2 rings (SSSR count). The molecule has 2 aromatic rings. The van der Waals surface area contributed by atoms with Gasteiger partial charge in [-0.05, 0) is 6.07 Å². The highest BCUT2D eigenvalue weighted by Crippen LogP contribution is 2.22. The SMILES string of the molecule is Oc1ccc(CNCc2cn[nH]c2)c(O)c1. The van der Waals surface area contributed by atoms with Crippen LogP contribution in [-0.4, -0.2) is 20.4 Å². The Labute approximate surface area is 92.8 Å². The summed E-state index contributed by atoms with van der Waals surface area (Å²) in [5.41, 5.74) is 1.81. The Hall–Kier alpha value is -2.01. The molecule has 5 nitrogen and oxygen atoms in total. The third kappa shape index (κ3) is 2.52. The number of hydrogen-bond acceptors (Lipinski definition) is 4. The molecule has 0 aliphatic heterocycles. The number of benzene rings is 1. The van der Waals surface area contributed by atoms with E-state index in [0.717, 1.165) is 11.1 Å². The van der Waals surface area contributed by atoms with E-state index in [9.17, 15) is 5.11 Å². The molecular weight excluding hydrogens is 206 g/mol. The largest absolute Gasteiger partial charge is 0.508 e. The molecule has 0 saturated heterocycles. The van der Waals surface area contributed by atoms with Crippen molar-refractivity contribution in [3.05, 3.63) is 41.7 Å². The minimum absolute atomic E-state index is 0.0658. The third-order valence-electron chi connectivity index (χ3n) is 2.27. The Morgan fingerprint density at radius 3 is 2.81 bits per heavy atom. The molecule has 1 aromatic carbocycles. The van der Waals surface area contributed by atoms with Crippen LogP contribution in [0.2, 0.25) is 0 Å². The van der Waals surface area contributed by atoms with Gasteiger partial charge in [0.25, 0.3) is 0 Å². The topological polar surface area (TPSA) is 81.2 Å². The molecule has 84 valence electrons. The molecular formula is C11H13N3O2. The van der Waals surface area contributed by atoms with Gasteiger partial charge in [0.05, 0.1) is 6.20 Å². The molecule has 16 heavy (non-hydrogen) atoms. The fourth-order valence-electron chi connectivity index (χ4n) is 1.42. The summed E-state index contributed by atoms with van der Waals surface area (Å²) in [7, 11) is 0. The van der Waals surface area contributed by atoms with Gasteiger partial charge >= 0.3 is 0 Å². The highest BCUT2D eigenvalue weighted by atomic mass is 16.3. The molecule has 0 fully saturated rings. The Kier molecular flexibility index (Phi) is 3.07. The van der Waals surface area contributed by atoms with Crippen LogP contribution in [0, 0.1) is 0 Å². The molecule has 5 heteroatoms. The number of rotatable bonds is 4. The van der Waals surface area contributed by atoms with Crippen molar-refractivity contribution in [1.29, 1.82) is 0 Å². The van der Waals surface area contributed by atoms with Gasteiger partial charge in [-0.2, -0.15) is 5.10 Å². The Morgan fingerprint density at radius 2 is 2.12 bits per heavy atom. The van der Waals surface area contributed by atoms with Crippen molar-refractivity contribution in [2.75, 3.05) is 0 Å². The number of nitrogens with zero attached hydrogens (tertiary/aromatic N) is 1. The lowest BCUT2D eigenvalue weighted by Gasteiger charge is -2.06. The van der Waals surface area contributed by atoms with Crippen molar-refractivity contribution in [2.24, 2.45) is 0 Å². The fourth-order valence-corrected chi connectivity index (χ4v) is 1.42. The van der Waals surface area contributed by atoms with Gasteiger partial charge < -0.3 is 15.5 Å². The molecule has 0 aliphatic carbocycles. The number of aromatic hydroxyl groups is 2. The molecule has 0 atom stereocenters. The van der Waals surface area contributed by atoms with E-state index in [0.29, 0.717) is 13.1 Å². The summed E-state index contributed by atoms with van der Waals surface area (Å²) in [6.07, 6.45) is 3.55. The Bertz CT molecular complexity index is 454. The predicted octanol–water partition coefficient (Wildman–Crippen LogP) is 1.11. The summed E-state index contributed by atoms with van der Waals surface area (Å²) >= 11 is 0. The van der Waals surface area contributed by atoms with Gasteiger partial charge in [-0.3, -0.25) is 5.10 Å². The fraction of sp³-hybridized carbons (Fsp3) is 0.182. The zero-order valence-electron chi connectivity index (χ0n) is 8.64. The minimum Gasteiger partial charge on any atom is -0.508 e. The smallest absolute Gasteiger partial charge is 0.123 e. The van der Waals surface area contributed by atoms with Crippen molar-refractivity contribution in [3.63, 3.8) is 0 Å². The van der Waals surface area contributed by atoms with Gasteiger partial charge in [0.2, 0.25) is 0 Å². The third-order valence-corrected chi connectivity index (χ3v) is 2.27. The van der Waals surface area contributed by atoms with E-state index in [1.54, 1.807) is 18.3 Å². The Morgan fingerprint density at radius 1 is 1.25 bits per heavy atom. The summed E-state index contributed by atoms with van der Waals surface area (Å²) in [5, 5.41) is 28.4. The van der Waals surface area contributed by atoms with Crippen molar-refractivity contribution in [3.8, 4) is 11.5 Å². The van der Waals surface area contributed by atoms with Crippen LogP contribution in [0.1, 0.15) is 11.1 Å². The van der Waals surface area contributed by atoms with Crippen molar-refractivity contribution < 1.29 is 10.2 Å². The number of hydrogen-bond donors (Lipinski definition) is 4. The summed E-state index contributed by atoms with van der Waals surface area (Å²) in [4.78, 5) is 0.